The zero-order valence-electron chi connectivity index (χ0n) is 15.1. The molecule has 4 rings (SSSR count). The molecule has 138 valence electrons. The normalized spacial score (nSPS) is 14.5. The number of amides is 1. The van der Waals surface area contributed by atoms with Crippen LogP contribution in [0, 0.1) is 0 Å². The number of hydrogen-bond acceptors (Lipinski definition) is 5. The predicted molar refractivity (Wildman–Crippen MR) is 104 cm³/mol. The lowest BCUT2D eigenvalue weighted by atomic mass is 10.2. The van der Waals surface area contributed by atoms with Crippen LogP contribution in [0.3, 0.4) is 0 Å². The number of hydrogen-bond donors (Lipinski definition) is 0. The van der Waals surface area contributed by atoms with Gasteiger partial charge in [0, 0.05) is 31.6 Å². The number of anilines is 1. The molecule has 0 atom stereocenters. The zero-order valence-corrected chi connectivity index (χ0v) is 15.1. The number of carbonyl (C=O) groups excluding carboxylic acids is 1. The summed E-state index contributed by atoms with van der Waals surface area (Å²) in [6.45, 7) is 3.43. The molecule has 0 spiro atoms. The molecule has 6 nitrogen and oxygen atoms in total. The van der Waals surface area contributed by atoms with E-state index in [2.05, 4.69) is 14.9 Å². The first-order valence-electron chi connectivity index (χ1n) is 9.15. The van der Waals surface area contributed by atoms with Crippen LogP contribution in [0.4, 0.5) is 5.82 Å². The SMILES string of the molecule is O=C(COCc1ccccc1)N1CCN(c2ncnc3ccccc23)CC1. The van der Waals surface area contributed by atoms with Crippen LogP contribution in [0.15, 0.2) is 60.9 Å². The number of nitrogens with zero attached hydrogens (tertiary/aromatic N) is 4. The van der Waals surface area contributed by atoms with Gasteiger partial charge in [0.1, 0.15) is 18.8 Å². The second kappa shape index (κ2) is 8.14. The minimum Gasteiger partial charge on any atom is -0.367 e. The van der Waals surface area contributed by atoms with Crippen molar-refractivity contribution >= 4 is 22.6 Å². The van der Waals surface area contributed by atoms with Crippen molar-refractivity contribution in [2.75, 3.05) is 37.7 Å². The summed E-state index contributed by atoms with van der Waals surface area (Å²) in [6, 6.07) is 17.9. The fourth-order valence-electron chi connectivity index (χ4n) is 3.33. The van der Waals surface area contributed by atoms with Crippen LogP contribution < -0.4 is 4.90 Å². The topological polar surface area (TPSA) is 58.6 Å². The maximum atomic E-state index is 12.4. The first kappa shape index (κ1) is 17.4. The number of carbonyl (C=O) groups is 1. The molecule has 3 aromatic rings. The molecule has 0 bridgehead atoms. The number of para-hydroxylation sites is 1. The van der Waals surface area contributed by atoms with E-state index in [4.69, 9.17) is 4.74 Å². The van der Waals surface area contributed by atoms with Crippen molar-refractivity contribution in [3.8, 4) is 0 Å². The average molecular weight is 362 g/mol. The lowest BCUT2D eigenvalue weighted by molar-refractivity contribution is -0.136. The van der Waals surface area contributed by atoms with Crippen LogP contribution in [0.5, 0.6) is 0 Å². The Morgan fingerprint density at radius 2 is 1.67 bits per heavy atom. The number of rotatable bonds is 5. The van der Waals surface area contributed by atoms with E-state index in [1.807, 2.05) is 59.5 Å². The molecule has 1 fully saturated rings. The van der Waals surface area contributed by atoms with Gasteiger partial charge in [-0.2, -0.15) is 0 Å². The second-order valence-corrected chi connectivity index (χ2v) is 6.56. The Hall–Kier alpha value is -2.99. The molecule has 0 unspecified atom stereocenters. The Kier molecular flexibility index (Phi) is 5.25. The molecule has 0 N–H and O–H groups in total. The highest BCUT2D eigenvalue weighted by atomic mass is 16.5. The summed E-state index contributed by atoms with van der Waals surface area (Å²) in [5.41, 5.74) is 2.01. The van der Waals surface area contributed by atoms with Gasteiger partial charge in [0.25, 0.3) is 0 Å². The number of ether oxygens (including phenoxy) is 1. The van der Waals surface area contributed by atoms with Crippen molar-refractivity contribution in [3.63, 3.8) is 0 Å². The Morgan fingerprint density at radius 1 is 0.926 bits per heavy atom. The third kappa shape index (κ3) is 4.06. The number of benzene rings is 2. The van der Waals surface area contributed by atoms with Crippen LogP contribution in [0.25, 0.3) is 10.9 Å². The van der Waals surface area contributed by atoms with Gasteiger partial charge in [-0.1, -0.05) is 42.5 Å². The summed E-state index contributed by atoms with van der Waals surface area (Å²) in [5.74, 6) is 0.978. The minimum absolute atomic E-state index is 0.0399. The fraction of sp³-hybridized carbons (Fsp3) is 0.286. The van der Waals surface area contributed by atoms with E-state index >= 15 is 0 Å². The van der Waals surface area contributed by atoms with Crippen molar-refractivity contribution in [2.24, 2.45) is 0 Å². The summed E-state index contributed by atoms with van der Waals surface area (Å²) < 4.78 is 5.58. The summed E-state index contributed by atoms with van der Waals surface area (Å²) in [4.78, 5) is 25.3. The van der Waals surface area contributed by atoms with Crippen LogP contribution in [-0.4, -0.2) is 53.6 Å². The van der Waals surface area contributed by atoms with Crippen LogP contribution in [-0.2, 0) is 16.1 Å². The van der Waals surface area contributed by atoms with E-state index in [1.54, 1.807) is 6.33 Å². The largest absolute Gasteiger partial charge is 0.367 e. The van der Waals surface area contributed by atoms with Gasteiger partial charge in [0.15, 0.2) is 0 Å². The standard InChI is InChI=1S/C21H22N4O2/c26-20(15-27-14-17-6-2-1-3-7-17)24-10-12-25(13-11-24)21-18-8-4-5-9-19(18)22-16-23-21/h1-9,16H,10-15H2. The Morgan fingerprint density at radius 3 is 2.48 bits per heavy atom. The first-order valence-corrected chi connectivity index (χ1v) is 9.15. The van der Waals surface area contributed by atoms with Crippen molar-refractivity contribution in [2.45, 2.75) is 6.61 Å². The summed E-state index contributed by atoms with van der Waals surface area (Å²) >= 11 is 0. The van der Waals surface area contributed by atoms with Gasteiger partial charge in [-0.15, -0.1) is 0 Å². The highest BCUT2D eigenvalue weighted by Crippen LogP contribution is 2.23. The van der Waals surface area contributed by atoms with E-state index in [0.29, 0.717) is 19.7 Å². The maximum Gasteiger partial charge on any atom is 0.248 e. The van der Waals surface area contributed by atoms with Gasteiger partial charge in [-0.05, 0) is 17.7 Å². The quantitative estimate of drug-likeness (QED) is 0.698. The predicted octanol–water partition coefficient (Wildman–Crippen LogP) is 2.50. The lowest BCUT2D eigenvalue weighted by Crippen LogP contribution is -2.50. The first-order chi connectivity index (χ1) is 13.3. The van der Waals surface area contributed by atoms with Crippen molar-refractivity contribution in [3.05, 3.63) is 66.5 Å². The van der Waals surface area contributed by atoms with Crippen LogP contribution in [0.1, 0.15) is 5.56 Å². The third-order valence-corrected chi connectivity index (χ3v) is 4.79. The van der Waals surface area contributed by atoms with Crippen LogP contribution in [0.2, 0.25) is 0 Å². The Labute approximate surface area is 158 Å². The zero-order chi connectivity index (χ0) is 18.5. The van der Waals surface area contributed by atoms with E-state index in [0.717, 1.165) is 35.4 Å². The van der Waals surface area contributed by atoms with Gasteiger partial charge in [-0.3, -0.25) is 4.79 Å². The number of piperazine rings is 1. The molecule has 1 aliphatic rings. The Balaban J connectivity index is 1.31. The van der Waals surface area contributed by atoms with Gasteiger partial charge < -0.3 is 14.5 Å². The van der Waals surface area contributed by atoms with Gasteiger partial charge in [0.05, 0.1) is 12.1 Å². The summed E-state index contributed by atoms with van der Waals surface area (Å²) in [5, 5.41) is 1.05. The van der Waals surface area contributed by atoms with Crippen molar-refractivity contribution in [1.82, 2.24) is 14.9 Å². The van der Waals surface area contributed by atoms with E-state index in [-0.39, 0.29) is 12.5 Å². The Bertz CT molecular complexity index is 903. The molecule has 0 radical (unpaired) electrons. The monoisotopic (exact) mass is 362 g/mol. The number of fused-ring (bicyclic) bond motifs is 1. The molecule has 6 heteroatoms. The smallest absolute Gasteiger partial charge is 0.248 e. The highest BCUT2D eigenvalue weighted by Gasteiger charge is 2.23. The lowest BCUT2D eigenvalue weighted by Gasteiger charge is -2.35. The molecule has 2 aromatic carbocycles. The third-order valence-electron chi connectivity index (χ3n) is 4.79. The van der Waals surface area contributed by atoms with Crippen molar-refractivity contribution in [1.29, 1.82) is 0 Å². The van der Waals surface area contributed by atoms with Gasteiger partial charge in [-0.25, -0.2) is 9.97 Å². The number of aromatic nitrogens is 2. The minimum atomic E-state index is 0.0399. The molecule has 1 saturated heterocycles. The molecule has 2 heterocycles. The maximum absolute atomic E-state index is 12.4. The van der Waals surface area contributed by atoms with Crippen molar-refractivity contribution < 1.29 is 9.53 Å². The molecule has 27 heavy (non-hydrogen) atoms. The molecule has 0 saturated carbocycles. The average Bonchev–Trinajstić information content (AvgIpc) is 2.74. The van der Waals surface area contributed by atoms with E-state index < -0.39 is 0 Å². The summed E-state index contributed by atoms with van der Waals surface area (Å²) in [6.07, 6.45) is 1.60. The highest BCUT2D eigenvalue weighted by molar-refractivity contribution is 5.89. The second-order valence-electron chi connectivity index (χ2n) is 6.56. The van der Waals surface area contributed by atoms with Crippen LogP contribution >= 0.6 is 0 Å². The fourth-order valence-corrected chi connectivity index (χ4v) is 3.33. The molecule has 1 aromatic heterocycles. The molecule has 1 amide bonds. The molecule has 1 aliphatic heterocycles. The molecular formula is C21H22N4O2. The van der Waals surface area contributed by atoms with E-state index in [1.165, 1.54) is 0 Å². The molecular weight excluding hydrogens is 340 g/mol. The summed E-state index contributed by atoms with van der Waals surface area (Å²) in [7, 11) is 0. The van der Waals surface area contributed by atoms with Gasteiger partial charge >= 0.3 is 0 Å². The molecule has 0 aliphatic carbocycles. The van der Waals surface area contributed by atoms with Gasteiger partial charge in [0.2, 0.25) is 5.91 Å². The van der Waals surface area contributed by atoms with E-state index in [9.17, 15) is 4.79 Å².